The van der Waals surface area contributed by atoms with Crippen molar-refractivity contribution in [2.45, 2.75) is 13.3 Å². The van der Waals surface area contributed by atoms with E-state index >= 15 is 0 Å². The van der Waals surface area contributed by atoms with Crippen molar-refractivity contribution in [3.05, 3.63) is 35.8 Å². The van der Waals surface area contributed by atoms with Crippen molar-refractivity contribution in [1.82, 2.24) is 24.5 Å². The van der Waals surface area contributed by atoms with Gasteiger partial charge < -0.3 is 9.47 Å². The normalized spacial score (nSPS) is 13.5. The van der Waals surface area contributed by atoms with Crippen LogP contribution in [-0.4, -0.2) is 37.8 Å². The molecule has 130 valence electrons. The van der Waals surface area contributed by atoms with E-state index in [9.17, 15) is 8.78 Å². The Hall–Kier alpha value is -2.97. The van der Waals surface area contributed by atoms with Gasteiger partial charge in [0.2, 0.25) is 0 Å². The molecule has 0 N–H and O–H groups in total. The van der Waals surface area contributed by atoms with Gasteiger partial charge in [-0.15, -0.1) is 0 Å². The second-order valence-electron chi connectivity index (χ2n) is 5.60. The monoisotopic (exact) mass is 347 g/mol. The molecule has 3 aromatic rings. The minimum Gasteiger partial charge on any atom is -0.486 e. The van der Waals surface area contributed by atoms with Crippen molar-refractivity contribution in [2.75, 3.05) is 13.2 Å². The zero-order valence-electron chi connectivity index (χ0n) is 13.6. The van der Waals surface area contributed by atoms with E-state index in [0.717, 1.165) is 0 Å². The molecule has 0 fully saturated rings. The van der Waals surface area contributed by atoms with Gasteiger partial charge in [0.25, 0.3) is 6.43 Å². The Labute approximate surface area is 141 Å². The first kappa shape index (κ1) is 15.6. The molecular formula is C16H15F2N5O2. The summed E-state index contributed by atoms with van der Waals surface area (Å²) in [4.78, 5) is 4.38. The van der Waals surface area contributed by atoms with Crippen molar-refractivity contribution >= 4 is 0 Å². The Morgan fingerprint density at radius 1 is 1.08 bits per heavy atom. The fraction of sp³-hybridized carbons (Fsp3) is 0.312. The Kier molecular flexibility index (Phi) is 3.63. The van der Waals surface area contributed by atoms with E-state index < -0.39 is 6.43 Å². The largest absolute Gasteiger partial charge is 0.486 e. The number of hydrogen-bond acceptors (Lipinski definition) is 5. The summed E-state index contributed by atoms with van der Waals surface area (Å²) in [5.41, 5.74) is 0.845. The molecular weight excluding hydrogens is 332 g/mol. The molecule has 0 saturated heterocycles. The van der Waals surface area contributed by atoms with E-state index in [1.807, 2.05) is 6.07 Å². The number of halogens is 2. The average molecular weight is 347 g/mol. The van der Waals surface area contributed by atoms with E-state index in [1.165, 1.54) is 10.7 Å². The van der Waals surface area contributed by atoms with Crippen molar-refractivity contribution in [3.63, 3.8) is 0 Å². The van der Waals surface area contributed by atoms with Gasteiger partial charge in [0.05, 0.1) is 5.69 Å². The van der Waals surface area contributed by atoms with Gasteiger partial charge in [-0.2, -0.15) is 10.2 Å². The van der Waals surface area contributed by atoms with Crippen LogP contribution in [0.3, 0.4) is 0 Å². The maximum Gasteiger partial charge on any atom is 0.282 e. The van der Waals surface area contributed by atoms with Gasteiger partial charge in [-0.05, 0) is 25.1 Å². The van der Waals surface area contributed by atoms with Gasteiger partial charge in [-0.3, -0.25) is 4.68 Å². The standard InChI is InChI=1S/C16H15F2N5O2/c1-9-19-16(12-8-11(15(17)18)21-22(12)2)23(20-9)10-3-4-13-14(7-10)25-6-5-24-13/h3-4,7-8,15H,5-6H2,1-2H3. The molecule has 0 bridgehead atoms. The Balaban J connectivity index is 1.82. The second-order valence-corrected chi connectivity index (χ2v) is 5.60. The molecule has 0 amide bonds. The van der Waals surface area contributed by atoms with E-state index in [2.05, 4.69) is 15.2 Å². The Morgan fingerprint density at radius 3 is 2.56 bits per heavy atom. The Bertz CT molecular complexity index is 935. The number of ether oxygens (including phenoxy) is 2. The van der Waals surface area contributed by atoms with Crippen LogP contribution >= 0.6 is 0 Å². The summed E-state index contributed by atoms with van der Waals surface area (Å²) in [5, 5.41) is 8.22. The Morgan fingerprint density at radius 2 is 1.84 bits per heavy atom. The van der Waals surface area contributed by atoms with Crippen LogP contribution in [0.1, 0.15) is 17.9 Å². The summed E-state index contributed by atoms with van der Waals surface area (Å²) < 4.78 is 40.0. The van der Waals surface area contributed by atoms with E-state index in [1.54, 1.807) is 30.8 Å². The lowest BCUT2D eigenvalue weighted by atomic mass is 10.2. The fourth-order valence-electron chi connectivity index (χ4n) is 2.73. The minimum absolute atomic E-state index is 0.299. The predicted octanol–water partition coefficient (Wildman–Crippen LogP) is 2.69. The molecule has 2 aromatic heterocycles. The van der Waals surface area contributed by atoms with Gasteiger partial charge in [-0.25, -0.2) is 18.4 Å². The van der Waals surface area contributed by atoms with E-state index in [4.69, 9.17) is 9.47 Å². The van der Waals surface area contributed by atoms with Gasteiger partial charge in [-0.1, -0.05) is 0 Å². The minimum atomic E-state index is -2.65. The van der Waals surface area contributed by atoms with Crippen LogP contribution in [0.2, 0.25) is 0 Å². The van der Waals surface area contributed by atoms with Gasteiger partial charge >= 0.3 is 0 Å². The highest BCUT2D eigenvalue weighted by molar-refractivity contribution is 5.57. The van der Waals surface area contributed by atoms with Crippen LogP contribution in [0.15, 0.2) is 24.3 Å². The third-order valence-corrected chi connectivity index (χ3v) is 3.83. The molecule has 0 radical (unpaired) electrons. The molecule has 3 heterocycles. The van der Waals surface area contributed by atoms with Crippen LogP contribution in [-0.2, 0) is 7.05 Å². The summed E-state index contributed by atoms with van der Waals surface area (Å²) in [6.45, 7) is 2.72. The third kappa shape index (κ3) is 2.71. The summed E-state index contributed by atoms with van der Waals surface area (Å²) in [6.07, 6.45) is -2.65. The van der Waals surface area contributed by atoms with E-state index in [-0.39, 0.29) is 5.69 Å². The molecule has 0 saturated carbocycles. The first-order valence-electron chi connectivity index (χ1n) is 7.69. The van der Waals surface area contributed by atoms with Crippen molar-refractivity contribution in [1.29, 1.82) is 0 Å². The lowest BCUT2D eigenvalue weighted by Gasteiger charge is -2.19. The fourth-order valence-corrected chi connectivity index (χ4v) is 2.73. The summed E-state index contributed by atoms with van der Waals surface area (Å²) in [6, 6.07) is 6.72. The summed E-state index contributed by atoms with van der Waals surface area (Å²) in [5.74, 6) is 2.22. The zero-order valence-corrected chi connectivity index (χ0v) is 13.6. The smallest absolute Gasteiger partial charge is 0.282 e. The highest BCUT2D eigenvalue weighted by Crippen LogP contribution is 2.33. The van der Waals surface area contributed by atoms with Crippen LogP contribution in [0.4, 0.5) is 8.78 Å². The van der Waals surface area contributed by atoms with Crippen molar-refractivity contribution < 1.29 is 18.3 Å². The number of hydrogen-bond donors (Lipinski definition) is 0. The molecule has 4 rings (SSSR count). The third-order valence-electron chi connectivity index (χ3n) is 3.83. The number of nitrogens with zero attached hydrogens (tertiary/aromatic N) is 5. The molecule has 7 nitrogen and oxygen atoms in total. The highest BCUT2D eigenvalue weighted by atomic mass is 19.3. The molecule has 1 aromatic carbocycles. The number of rotatable bonds is 3. The second kappa shape index (κ2) is 5.83. The van der Waals surface area contributed by atoms with Gasteiger partial charge in [0.15, 0.2) is 17.3 Å². The van der Waals surface area contributed by atoms with Crippen LogP contribution in [0, 0.1) is 6.92 Å². The predicted molar refractivity (Wildman–Crippen MR) is 84.2 cm³/mol. The summed E-state index contributed by atoms with van der Waals surface area (Å²) in [7, 11) is 1.60. The molecule has 25 heavy (non-hydrogen) atoms. The lowest BCUT2D eigenvalue weighted by molar-refractivity contribution is 0.145. The van der Waals surface area contributed by atoms with Crippen LogP contribution in [0.5, 0.6) is 11.5 Å². The molecule has 1 aliphatic rings. The molecule has 9 heteroatoms. The molecule has 0 aliphatic carbocycles. The first-order valence-corrected chi connectivity index (χ1v) is 7.69. The summed E-state index contributed by atoms with van der Waals surface area (Å²) >= 11 is 0. The van der Waals surface area contributed by atoms with Gasteiger partial charge in [0, 0.05) is 13.1 Å². The molecule has 0 unspecified atom stereocenters. The SMILES string of the molecule is Cc1nc(-c2cc(C(F)F)nn2C)n(-c2ccc3c(c2)OCCO3)n1. The molecule has 1 aliphatic heterocycles. The van der Waals surface area contributed by atoms with Gasteiger partial charge in [0.1, 0.15) is 30.4 Å². The molecule has 0 atom stereocenters. The maximum atomic E-state index is 12.9. The topological polar surface area (TPSA) is 67.0 Å². The molecule has 0 spiro atoms. The first-order chi connectivity index (χ1) is 12.0. The zero-order chi connectivity index (χ0) is 17.6. The van der Waals surface area contributed by atoms with E-state index in [0.29, 0.717) is 47.7 Å². The highest BCUT2D eigenvalue weighted by Gasteiger charge is 2.21. The van der Waals surface area contributed by atoms with Crippen LogP contribution in [0.25, 0.3) is 17.2 Å². The average Bonchev–Trinajstić information content (AvgIpc) is 3.17. The van der Waals surface area contributed by atoms with Crippen molar-refractivity contribution in [2.24, 2.45) is 7.05 Å². The number of aromatic nitrogens is 5. The van der Waals surface area contributed by atoms with Crippen LogP contribution < -0.4 is 9.47 Å². The quantitative estimate of drug-likeness (QED) is 0.729. The van der Waals surface area contributed by atoms with Crippen molar-refractivity contribution in [3.8, 4) is 28.7 Å². The maximum absolute atomic E-state index is 12.9. The number of benzene rings is 1. The number of aryl methyl sites for hydroxylation is 2. The number of fused-ring (bicyclic) bond motifs is 1. The number of alkyl halides is 2. The lowest BCUT2D eigenvalue weighted by Crippen LogP contribution is -2.15.